The maximum absolute atomic E-state index is 8.77. The molecule has 0 saturated heterocycles. The van der Waals surface area contributed by atoms with Crippen LogP contribution in [-0.2, 0) is 6.42 Å². The first-order valence-corrected chi connectivity index (χ1v) is 7.90. The maximum atomic E-state index is 8.77. The van der Waals surface area contributed by atoms with E-state index in [4.69, 9.17) is 5.11 Å². The molecule has 1 N–H and O–H groups in total. The smallest absolute Gasteiger partial charge is 0.0437 e. The first-order chi connectivity index (χ1) is 9.36. The number of unbranched alkanes of at least 4 members (excludes halogenated alkanes) is 6. The van der Waals surface area contributed by atoms with Gasteiger partial charge in [0.1, 0.15) is 0 Å². The van der Waals surface area contributed by atoms with Gasteiger partial charge in [0.05, 0.1) is 0 Å². The number of aliphatic hydroxyl groups excluding tert-OH is 1. The number of aryl methyl sites for hydroxylation is 1. The van der Waals surface area contributed by atoms with Gasteiger partial charge in [-0.25, -0.2) is 0 Å². The van der Waals surface area contributed by atoms with Gasteiger partial charge in [0, 0.05) is 6.61 Å². The molecule has 0 saturated carbocycles. The second-order valence-electron chi connectivity index (χ2n) is 5.33. The third-order valence-corrected chi connectivity index (χ3v) is 3.56. The van der Waals surface area contributed by atoms with Crippen molar-refractivity contribution >= 4 is 0 Å². The summed E-state index contributed by atoms with van der Waals surface area (Å²) in [5.41, 5.74) is 2.66. The molecule has 1 rings (SSSR count). The Bertz CT molecular complexity index is 302. The summed E-state index contributed by atoms with van der Waals surface area (Å²) in [4.78, 5) is 0. The zero-order valence-electron chi connectivity index (χ0n) is 12.4. The molecule has 0 aromatic heterocycles. The van der Waals surface area contributed by atoms with Crippen molar-refractivity contribution in [2.24, 2.45) is 0 Å². The van der Waals surface area contributed by atoms with Crippen molar-refractivity contribution in [2.75, 3.05) is 6.61 Å². The minimum absolute atomic E-state index is 0.236. The van der Waals surface area contributed by atoms with Gasteiger partial charge in [-0.3, -0.25) is 0 Å². The first kappa shape index (κ1) is 16.2. The van der Waals surface area contributed by atoms with E-state index >= 15 is 0 Å². The Kier molecular flexibility index (Phi) is 9.44. The van der Waals surface area contributed by atoms with Crippen LogP contribution in [0.1, 0.15) is 69.4 Å². The quantitative estimate of drug-likeness (QED) is 0.561. The van der Waals surface area contributed by atoms with E-state index in [0.717, 1.165) is 6.42 Å². The molecule has 1 heteroatoms. The Morgan fingerprint density at radius 3 is 2.16 bits per heavy atom. The fraction of sp³-hybridized carbons (Fsp3) is 0.611. The lowest BCUT2D eigenvalue weighted by molar-refractivity contribution is 0.299. The summed E-state index contributed by atoms with van der Waals surface area (Å²) < 4.78 is 0. The van der Waals surface area contributed by atoms with E-state index in [1.807, 2.05) is 0 Å². The van der Waals surface area contributed by atoms with E-state index < -0.39 is 0 Å². The zero-order valence-corrected chi connectivity index (χ0v) is 12.4. The van der Waals surface area contributed by atoms with E-state index in [9.17, 15) is 0 Å². The van der Waals surface area contributed by atoms with Crippen LogP contribution in [0.4, 0.5) is 0 Å². The van der Waals surface area contributed by atoms with E-state index in [-0.39, 0.29) is 6.61 Å². The maximum Gasteiger partial charge on any atom is 0.0437 e. The minimum atomic E-state index is 0.236. The predicted molar refractivity (Wildman–Crippen MR) is 83.2 cm³/mol. The van der Waals surface area contributed by atoms with Crippen molar-refractivity contribution in [1.82, 2.24) is 0 Å². The molecule has 0 aliphatic rings. The summed E-state index contributed by atoms with van der Waals surface area (Å²) in [5.74, 6) is 0. The topological polar surface area (TPSA) is 20.2 Å². The van der Waals surface area contributed by atoms with Crippen LogP contribution in [0.25, 0.3) is 0 Å². The number of benzene rings is 1. The van der Waals surface area contributed by atoms with Gasteiger partial charge in [-0.1, -0.05) is 69.7 Å². The standard InChI is InChI=1S/C18H29O/c1-2-3-4-5-6-7-8-10-17-12-14-18(15-13-17)11-9-16-19/h11-15,19H,2-10,16H2,1H3. The van der Waals surface area contributed by atoms with Crippen LogP contribution in [0.3, 0.4) is 0 Å². The van der Waals surface area contributed by atoms with Gasteiger partial charge < -0.3 is 5.11 Å². The highest BCUT2D eigenvalue weighted by Gasteiger charge is 1.96. The van der Waals surface area contributed by atoms with E-state index in [0.29, 0.717) is 0 Å². The number of hydrogen-bond acceptors (Lipinski definition) is 1. The molecule has 0 bridgehead atoms. The molecule has 0 atom stereocenters. The van der Waals surface area contributed by atoms with E-state index in [1.165, 1.54) is 62.5 Å². The Balaban J connectivity index is 2.09. The van der Waals surface area contributed by atoms with Crippen molar-refractivity contribution in [3.05, 3.63) is 41.8 Å². The average molecular weight is 261 g/mol. The van der Waals surface area contributed by atoms with Gasteiger partial charge >= 0.3 is 0 Å². The monoisotopic (exact) mass is 261 g/mol. The lowest BCUT2D eigenvalue weighted by Crippen LogP contribution is -1.89. The number of rotatable bonds is 11. The molecule has 0 aliphatic carbocycles. The van der Waals surface area contributed by atoms with Crippen LogP contribution in [0.15, 0.2) is 24.3 Å². The summed E-state index contributed by atoms with van der Waals surface area (Å²) in [5, 5.41) is 8.77. The molecule has 0 heterocycles. The summed E-state index contributed by atoms with van der Waals surface area (Å²) in [6.07, 6.45) is 13.6. The van der Waals surface area contributed by atoms with Gasteiger partial charge in [-0.2, -0.15) is 0 Å². The van der Waals surface area contributed by atoms with E-state index in [1.54, 1.807) is 0 Å². The molecule has 107 valence electrons. The Labute approximate surface area is 119 Å². The number of hydrogen-bond donors (Lipinski definition) is 1. The third-order valence-electron chi connectivity index (χ3n) is 3.56. The van der Waals surface area contributed by atoms with Crippen LogP contribution in [0, 0.1) is 6.42 Å². The van der Waals surface area contributed by atoms with Gasteiger partial charge in [-0.15, -0.1) is 0 Å². The zero-order chi connectivity index (χ0) is 13.8. The second-order valence-corrected chi connectivity index (χ2v) is 5.33. The molecule has 1 aromatic rings. The molecule has 1 radical (unpaired) electrons. The van der Waals surface area contributed by atoms with Crippen molar-refractivity contribution in [3.63, 3.8) is 0 Å². The fourth-order valence-electron chi connectivity index (χ4n) is 2.34. The Morgan fingerprint density at radius 1 is 0.895 bits per heavy atom. The molecule has 19 heavy (non-hydrogen) atoms. The van der Waals surface area contributed by atoms with Crippen LogP contribution >= 0.6 is 0 Å². The molecule has 0 unspecified atom stereocenters. The van der Waals surface area contributed by atoms with Crippen molar-refractivity contribution < 1.29 is 5.11 Å². The van der Waals surface area contributed by atoms with Crippen molar-refractivity contribution in [3.8, 4) is 0 Å². The third kappa shape index (κ3) is 8.05. The summed E-state index contributed by atoms with van der Waals surface area (Å²) in [6, 6.07) is 8.76. The molecular weight excluding hydrogens is 232 g/mol. The molecule has 0 aliphatic heterocycles. The van der Waals surface area contributed by atoms with E-state index in [2.05, 4.69) is 37.6 Å². The van der Waals surface area contributed by atoms with Gasteiger partial charge in [0.15, 0.2) is 0 Å². The Hall–Kier alpha value is -0.820. The molecular formula is C18H29O. The predicted octanol–water partition coefficient (Wildman–Crippen LogP) is 4.91. The largest absolute Gasteiger partial charge is 0.396 e. The van der Waals surface area contributed by atoms with Crippen LogP contribution < -0.4 is 0 Å². The lowest BCUT2D eigenvalue weighted by Gasteiger charge is -2.04. The lowest BCUT2D eigenvalue weighted by atomic mass is 10.0. The average Bonchev–Trinajstić information content (AvgIpc) is 2.45. The number of aliphatic hydroxyl groups is 1. The van der Waals surface area contributed by atoms with Crippen LogP contribution in [0.2, 0.25) is 0 Å². The summed E-state index contributed by atoms with van der Waals surface area (Å²) >= 11 is 0. The van der Waals surface area contributed by atoms with Crippen molar-refractivity contribution in [2.45, 2.75) is 64.7 Å². The summed E-state index contributed by atoms with van der Waals surface area (Å²) in [6.45, 7) is 2.50. The normalized spacial score (nSPS) is 10.8. The van der Waals surface area contributed by atoms with Gasteiger partial charge in [0.2, 0.25) is 0 Å². The highest BCUT2D eigenvalue weighted by molar-refractivity contribution is 5.27. The second kappa shape index (κ2) is 11.0. The highest BCUT2D eigenvalue weighted by atomic mass is 16.2. The summed E-state index contributed by atoms with van der Waals surface area (Å²) in [7, 11) is 0. The highest BCUT2D eigenvalue weighted by Crippen LogP contribution is 2.13. The molecule has 0 fully saturated rings. The molecule has 1 nitrogen and oxygen atoms in total. The molecule has 0 spiro atoms. The first-order valence-electron chi connectivity index (χ1n) is 7.90. The van der Waals surface area contributed by atoms with Gasteiger partial charge in [-0.05, 0) is 36.8 Å². The molecule has 0 amide bonds. The fourth-order valence-corrected chi connectivity index (χ4v) is 2.34. The SMILES string of the molecule is CCCCCCCCCc1ccc([CH]CCO)cc1. The van der Waals surface area contributed by atoms with Crippen LogP contribution in [-0.4, -0.2) is 11.7 Å². The van der Waals surface area contributed by atoms with Crippen molar-refractivity contribution in [1.29, 1.82) is 0 Å². The Morgan fingerprint density at radius 2 is 1.53 bits per heavy atom. The minimum Gasteiger partial charge on any atom is -0.396 e. The van der Waals surface area contributed by atoms with Gasteiger partial charge in [0.25, 0.3) is 0 Å². The molecule has 1 aromatic carbocycles. The van der Waals surface area contributed by atoms with Crippen LogP contribution in [0.5, 0.6) is 0 Å².